The van der Waals surface area contributed by atoms with Crippen LogP contribution in [0.3, 0.4) is 0 Å². The van der Waals surface area contributed by atoms with Crippen LogP contribution in [0.5, 0.6) is 0 Å². The standard InChI is InChI=1S/C20H19NO7S/c1-2-26-19(23)14-10-16(13-6-4-3-5-7-13)29-18(14)21-17(22)12-28-20(24)15-11-25-8-9-27-15/h3-7,10-11H,2,8-9,12H2,1H3,(H,21,22). The van der Waals surface area contributed by atoms with Gasteiger partial charge in [0.2, 0.25) is 5.76 Å². The Hall–Kier alpha value is -3.33. The van der Waals surface area contributed by atoms with E-state index in [1.54, 1.807) is 13.0 Å². The molecule has 1 amide bonds. The third-order valence-electron chi connectivity index (χ3n) is 3.72. The van der Waals surface area contributed by atoms with Gasteiger partial charge in [0.1, 0.15) is 24.5 Å². The molecule has 1 N–H and O–H groups in total. The van der Waals surface area contributed by atoms with Gasteiger partial charge in [-0.1, -0.05) is 30.3 Å². The number of benzene rings is 1. The molecule has 1 aromatic heterocycles. The van der Waals surface area contributed by atoms with Crippen molar-refractivity contribution in [3.05, 3.63) is 54.0 Å². The molecular weight excluding hydrogens is 398 g/mol. The van der Waals surface area contributed by atoms with Gasteiger partial charge in [-0.2, -0.15) is 0 Å². The van der Waals surface area contributed by atoms with E-state index < -0.39 is 24.5 Å². The summed E-state index contributed by atoms with van der Waals surface area (Å²) in [5, 5.41) is 2.93. The number of anilines is 1. The van der Waals surface area contributed by atoms with E-state index in [0.717, 1.165) is 16.7 Å². The maximum atomic E-state index is 12.3. The number of esters is 2. The van der Waals surface area contributed by atoms with E-state index in [-0.39, 0.29) is 24.5 Å². The molecule has 2 aromatic rings. The molecule has 1 aliphatic rings. The number of hydrogen-bond acceptors (Lipinski definition) is 8. The Labute approximate surface area is 171 Å². The number of carbonyl (C=O) groups excluding carboxylic acids is 3. The highest BCUT2D eigenvalue weighted by atomic mass is 32.1. The van der Waals surface area contributed by atoms with Crippen LogP contribution in [-0.4, -0.2) is 44.3 Å². The third-order valence-corrected chi connectivity index (χ3v) is 4.82. The summed E-state index contributed by atoms with van der Waals surface area (Å²) in [4.78, 5) is 37.2. The van der Waals surface area contributed by atoms with Crippen LogP contribution in [0.15, 0.2) is 48.4 Å². The van der Waals surface area contributed by atoms with Gasteiger partial charge < -0.3 is 24.3 Å². The van der Waals surface area contributed by atoms with Gasteiger partial charge in [0.25, 0.3) is 5.91 Å². The Morgan fingerprint density at radius 1 is 1.10 bits per heavy atom. The molecule has 0 bridgehead atoms. The van der Waals surface area contributed by atoms with E-state index in [9.17, 15) is 14.4 Å². The van der Waals surface area contributed by atoms with Crippen LogP contribution in [-0.2, 0) is 28.5 Å². The Balaban J connectivity index is 1.70. The predicted molar refractivity (Wildman–Crippen MR) is 105 cm³/mol. The highest BCUT2D eigenvalue weighted by Crippen LogP contribution is 2.35. The second-order valence-electron chi connectivity index (χ2n) is 5.77. The summed E-state index contributed by atoms with van der Waals surface area (Å²) >= 11 is 1.23. The Morgan fingerprint density at radius 3 is 2.59 bits per heavy atom. The average molecular weight is 417 g/mol. The molecule has 0 fully saturated rings. The Morgan fingerprint density at radius 2 is 1.90 bits per heavy atom. The number of rotatable bonds is 7. The van der Waals surface area contributed by atoms with E-state index in [1.165, 1.54) is 11.3 Å². The molecule has 0 saturated carbocycles. The van der Waals surface area contributed by atoms with E-state index >= 15 is 0 Å². The van der Waals surface area contributed by atoms with Crippen LogP contribution < -0.4 is 5.32 Å². The summed E-state index contributed by atoms with van der Waals surface area (Å²) in [6.07, 6.45) is 1.15. The lowest BCUT2D eigenvalue weighted by Gasteiger charge is -2.14. The van der Waals surface area contributed by atoms with Crippen molar-refractivity contribution in [2.24, 2.45) is 0 Å². The molecule has 0 atom stereocenters. The van der Waals surface area contributed by atoms with Crippen LogP contribution in [0.25, 0.3) is 10.4 Å². The van der Waals surface area contributed by atoms with Crippen molar-refractivity contribution >= 4 is 34.2 Å². The zero-order valence-electron chi connectivity index (χ0n) is 15.6. The molecule has 2 heterocycles. The van der Waals surface area contributed by atoms with Crippen molar-refractivity contribution in [3.63, 3.8) is 0 Å². The van der Waals surface area contributed by atoms with Crippen molar-refractivity contribution in [2.45, 2.75) is 6.92 Å². The van der Waals surface area contributed by atoms with E-state index in [0.29, 0.717) is 11.6 Å². The number of thiophene rings is 1. The van der Waals surface area contributed by atoms with E-state index in [2.05, 4.69) is 5.32 Å². The van der Waals surface area contributed by atoms with Crippen LogP contribution >= 0.6 is 11.3 Å². The lowest BCUT2D eigenvalue weighted by atomic mass is 10.1. The largest absolute Gasteiger partial charge is 0.493 e. The SMILES string of the molecule is CCOC(=O)c1cc(-c2ccccc2)sc1NC(=O)COC(=O)C1=COCCO1. The lowest BCUT2D eigenvalue weighted by molar-refractivity contribution is -0.148. The topological polar surface area (TPSA) is 100 Å². The Kier molecular flexibility index (Phi) is 6.85. The highest BCUT2D eigenvalue weighted by molar-refractivity contribution is 7.20. The number of carbonyl (C=O) groups is 3. The van der Waals surface area contributed by atoms with Crippen molar-refractivity contribution in [1.29, 1.82) is 0 Å². The fourth-order valence-electron chi connectivity index (χ4n) is 2.43. The first kappa shape index (κ1) is 20.4. The first-order valence-corrected chi connectivity index (χ1v) is 9.68. The van der Waals surface area contributed by atoms with Crippen molar-refractivity contribution < 1.29 is 33.3 Å². The summed E-state index contributed by atoms with van der Waals surface area (Å²) in [6.45, 7) is 1.94. The zero-order chi connectivity index (χ0) is 20.6. The van der Waals surface area contributed by atoms with Gasteiger partial charge >= 0.3 is 11.9 Å². The molecule has 0 unspecified atom stereocenters. The van der Waals surface area contributed by atoms with Gasteiger partial charge in [0.05, 0.1) is 12.2 Å². The quantitative estimate of drug-likeness (QED) is 0.691. The van der Waals surface area contributed by atoms with Gasteiger partial charge in [-0.25, -0.2) is 9.59 Å². The summed E-state index contributed by atoms with van der Waals surface area (Å²) in [5.74, 6) is -2.04. The minimum absolute atomic E-state index is 0.0984. The molecule has 3 rings (SSSR count). The first-order chi connectivity index (χ1) is 14.1. The van der Waals surface area contributed by atoms with Gasteiger partial charge in [-0.05, 0) is 18.6 Å². The number of nitrogens with one attached hydrogen (secondary N) is 1. The minimum atomic E-state index is -0.804. The van der Waals surface area contributed by atoms with Crippen LogP contribution in [0.2, 0.25) is 0 Å². The minimum Gasteiger partial charge on any atom is -0.493 e. The monoisotopic (exact) mass is 417 g/mol. The summed E-state index contributed by atoms with van der Waals surface area (Å²) in [5.41, 5.74) is 1.14. The molecule has 1 aliphatic heterocycles. The zero-order valence-corrected chi connectivity index (χ0v) is 16.5. The fourth-order valence-corrected chi connectivity index (χ4v) is 3.50. The summed E-state index contributed by atoms with van der Waals surface area (Å²) in [6, 6.07) is 11.1. The van der Waals surface area contributed by atoms with Crippen molar-refractivity contribution in [2.75, 3.05) is 31.7 Å². The number of amides is 1. The van der Waals surface area contributed by atoms with Gasteiger partial charge in [0, 0.05) is 4.88 Å². The molecule has 0 radical (unpaired) electrons. The normalized spacial score (nSPS) is 12.8. The molecule has 8 nitrogen and oxygen atoms in total. The van der Waals surface area contributed by atoms with E-state index in [4.69, 9.17) is 18.9 Å². The Bertz CT molecular complexity index is 920. The molecule has 1 aromatic carbocycles. The predicted octanol–water partition coefficient (Wildman–Crippen LogP) is 2.96. The van der Waals surface area contributed by atoms with Crippen LogP contribution in [0, 0.1) is 0 Å². The summed E-state index contributed by atoms with van der Waals surface area (Å²) < 4.78 is 20.1. The van der Waals surface area contributed by atoms with Gasteiger partial charge in [-0.15, -0.1) is 11.3 Å². The third kappa shape index (κ3) is 5.35. The number of ether oxygens (including phenoxy) is 4. The maximum absolute atomic E-state index is 12.3. The van der Waals surface area contributed by atoms with Crippen LogP contribution in [0.4, 0.5) is 5.00 Å². The summed E-state index contributed by atoms with van der Waals surface area (Å²) in [7, 11) is 0. The molecule has 152 valence electrons. The maximum Gasteiger partial charge on any atom is 0.377 e. The second-order valence-corrected chi connectivity index (χ2v) is 6.82. The molecule has 0 spiro atoms. The fraction of sp³-hybridized carbons (Fsp3) is 0.250. The second kappa shape index (κ2) is 9.74. The molecule has 0 aliphatic carbocycles. The number of hydrogen-bond donors (Lipinski definition) is 1. The molecule has 29 heavy (non-hydrogen) atoms. The molecular formula is C20H19NO7S. The van der Waals surface area contributed by atoms with Gasteiger partial charge in [-0.3, -0.25) is 4.79 Å². The van der Waals surface area contributed by atoms with Crippen molar-refractivity contribution in [3.8, 4) is 10.4 Å². The van der Waals surface area contributed by atoms with Crippen molar-refractivity contribution in [1.82, 2.24) is 0 Å². The molecule has 0 saturated heterocycles. The average Bonchev–Trinajstić information content (AvgIpc) is 3.17. The highest BCUT2D eigenvalue weighted by Gasteiger charge is 2.22. The van der Waals surface area contributed by atoms with Crippen LogP contribution in [0.1, 0.15) is 17.3 Å². The van der Waals surface area contributed by atoms with Gasteiger partial charge in [0.15, 0.2) is 6.61 Å². The molecule has 9 heteroatoms. The van der Waals surface area contributed by atoms with E-state index in [1.807, 2.05) is 30.3 Å². The lowest BCUT2D eigenvalue weighted by Crippen LogP contribution is -2.24. The first-order valence-electron chi connectivity index (χ1n) is 8.86. The smallest absolute Gasteiger partial charge is 0.377 e.